The van der Waals surface area contributed by atoms with E-state index in [0.29, 0.717) is 18.5 Å². The van der Waals surface area contributed by atoms with Gasteiger partial charge in [0.2, 0.25) is 5.91 Å². The van der Waals surface area contributed by atoms with E-state index in [9.17, 15) is 4.79 Å². The van der Waals surface area contributed by atoms with Gasteiger partial charge in [-0.15, -0.1) is 0 Å². The molecule has 2 rings (SSSR count). The predicted molar refractivity (Wildman–Crippen MR) is 78.2 cm³/mol. The Morgan fingerprint density at radius 2 is 1.79 bits per heavy atom. The third kappa shape index (κ3) is 3.93. The zero-order valence-corrected chi connectivity index (χ0v) is 12.6. The van der Waals surface area contributed by atoms with Crippen LogP contribution in [0, 0.1) is 0 Å². The summed E-state index contributed by atoms with van der Waals surface area (Å²) in [4.78, 5) is 19.3. The van der Waals surface area contributed by atoms with Crippen LogP contribution in [0.25, 0.3) is 0 Å². The van der Waals surface area contributed by atoms with Crippen LogP contribution in [-0.4, -0.2) is 72.5 Å². The highest BCUT2D eigenvalue weighted by atomic mass is 16.2. The smallest absolute Gasteiger partial charge is 0.236 e. The van der Waals surface area contributed by atoms with Crippen molar-refractivity contribution in [3.05, 3.63) is 0 Å². The summed E-state index contributed by atoms with van der Waals surface area (Å²) < 4.78 is 0. The van der Waals surface area contributed by atoms with E-state index in [1.165, 1.54) is 25.7 Å². The highest BCUT2D eigenvalue weighted by molar-refractivity contribution is 5.78. The van der Waals surface area contributed by atoms with Crippen molar-refractivity contribution in [1.82, 2.24) is 14.7 Å². The molecule has 1 unspecified atom stereocenters. The molecule has 0 aliphatic carbocycles. The topological polar surface area (TPSA) is 26.8 Å². The summed E-state index contributed by atoms with van der Waals surface area (Å²) >= 11 is 0. The van der Waals surface area contributed by atoms with Crippen LogP contribution in [0.2, 0.25) is 0 Å². The molecule has 0 aromatic heterocycles. The standard InChI is InChI=1S/C15H29N3O/c1-3-14-7-5-6-8-18(14)13-15(19)17-11-9-16(4-2)10-12-17/h14H,3-13H2,1-2H3. The lowest BCUT2D eigenvalue weighted by molar-refractivity contribution is -0.135. The van der Waals surface area contributed by atoms with E-state index >= 15 is 0 Å². The summed E-state index contributed by atoms with van der Waals surface area (Å²) in [5.74, 6) is 0.344. The number of carbonyl (C=O) groups is 1. The summed E-state index contributed by atoms with van der Waals surface area (Å²) in [6.45, 7) is 11.2. The summed E-state index contributed by atoms with van der Waals surface area (Å²) in [6.07, 6.45) is 5.04. The Bertz CT molecular complexity index is 287. The van der Waals surface area contributed by atoms with Gasteiger partial charge in [0.05, 0.1) is 6.54 Å². The molecule has 0 saturated carbocycles. The molecule has 0 aromatic carbocycles. The number of carbonyl (C=O) groups excluding carboxylic acids is 1. The van der Waals surface area contributed by atoms with E-state index in [4.69, 9.17) is 0 Å². The fourth-order valence-corrected chi connectivity index (χ4v) is 3.32. The van der Waals surface area contributed by atoms with Crippen molar-refractivity contribution in [2.75, 3.05) is 45.8 Å². The number of rotatable bonds is 4. The number of nitrogens with zero attached hydrogens (tertiary/aromatic N) is 3. The van der Waals surface area contributed by atoms with E-state index in [2.05, 4.69) is 28.5 Å². The Kier molecular flexibility index (Phi) is 5.64. The molecule has 2 aliphatic rings. The molecule has 1 atom stereocenters. The second-order valence-corrected chi connectivity index (χ2v) is 5.84. The fourth-order valence-electron chi connectivity index (χ4n) is 3.32. The van der Waals surface area contributed by atoms with E-state index in [1.54, 1.807) is 0 Å². The largest absolute Gasteiger partial charge is 0.339 e. The number of amides is 1. The van der Waals surface area contributed by atoms with Crippen LogP contribution in [0.1, 0.15) is 39.5 Å². The van der Waals surface area contributed by atoms with Gasteiger partial charge in [0, 0.05) is 32.2 Å². The van der Waals surface area contributed by atoms with Crippen LogP contribution >= 0.6 is 0 Å². The molecule has 0 spiro atoms. The van der Waals surface area contributed by atoms with Gasteiger partial charge in [0.25, 0.3) is 0 Å². The lowest BCUT2D eigenvalue weighted by Crippen LogP contribution is -2.52. The predicted octanol–water partition coefficient (Wildman–Crippen LogP) is 1.42. The molecule has 0 aromatic rings. The van der Waals surface area contributed by atoms with Crippen molar-refractivity contribution < 1.29 is 4.79 Å². The van der Waals surface area contributed by atoms with Crippen LogP contribution in [0.5, 0.6) is 0 Å². The minimum atomic E-state index is 0.344. The Morgan fingerprint density at radius 3 is 2.42 bits per heavy atom. The molecule has 2 fully saturated rings. The molecule has 19 heavy (non-hydrogen) atoms. The molecule has 4 nitrogen and oxygen atoms in total. The molecule has 1 amide bonds. The minimum Gasteiger partial charge on any atom is -0.339 e. The zero-order valence-electron chi connectivity index (χ0n) is 12.6. The number of likely N-dealkylation sites (N-methyl/N-ethyl adjacent to an activating group) is 1. The first-order valence-corrected chi connectivity index (χ1v) is 7.98. The molecule has 0 radical (unpaired) electrons. The van der Waals surface area contributed by atoms with Crippen molar-refractivity contribution >= 4 is 5.91 Å². The maximum absolute atomic E-state index is 12.4. The lowest BCUT2D eigenvalue weighted by atomic mass is 10.00. The summed E-state index contributed by atoms with van der Waals surface area (Å²) in [6, 6.07) is 0.634. The maximum atomic E-state index is 12.4. The van der Waals surface area contributed by atoms with E-state index in [-0.39, 0.29) is 0 Å². The number of piperazine rings is 1. The van der Waals surface area contributed by atoms with Crippen LogP contribution < -0.4 is 0 Å². The molecule has 0 bridgehead atoms. The van der Waals surface area contributed by atoms with Crippen molar-refractivity contribution in [1.29, 1.82) is 0 Å². The van der Waals surface area contributed by atoms with Gasteiger partial charge >= 0.3 is 0 Å². The SMILES string of the molecule is CCC1CCCCN1CC(=O)N1CCN(CC)CC1. The molecular formula is C15H29N3O. The van der Waals surface area contributed by atoms with E-state index in [1.807, 2.05) is 0 Å². The normalized spacial score (nSPS) is 26.6. The first-order valence-electron chi connectivity index (χ1n) is 7.98. The van der Waals surface area contributed by atoms with Gasteiger partial charge in [-0.05, 0) is 32.4 Å². The van der Waals surface area contributed by atoms with Crippen LogP contribution in [0.4, 0.5) is 0 Å². The van der Waals surface area contributed by atoms with Crippen LogP contribution in [0.3, 0.4) is 0 Å². The number of hydrogen-bond donors (Lipinski definition) is 0. The van der Waals surface area contributed by atoms with Crippen LogP contribution in [0.15, 0.2) is 0 Å². The quantitative estimate of drug-likeness (QED) is 0.771. The highest BCUT2D eigenvalue weighted by Gasteiger charge is 2.26. The average molecular weight is 267 g/mol. The van der Waals surface area contributed by atoms with Gasteiger partial charge in [-0.2, -0.15) is 0 Å². The van der Waals surface area contributed by atoms with Crippen molar-refractivity contribution in [2.45, 2.75) is 45.6 Å². The second-order valence-electron chi connectivity index (χ2n) is 5.84. The molecule has 2 aliphatic heterocycles. The third-order valence-electron chi connectivity index (χ3n) is 4.73. The Morgan fingerprint density at radius 1 is 1.05 bits per heavy atom. The third-order valence-corrected chi connectivity index (χ3v) is 4.73. The van der Waals surface area contributed by atoms with Crippen LogP contribution in [-0.2, 0) is 4.79 Å². The average Bonchev–Trinajstić information content (AvgIpc) is 2.48. The number of hydrogen-bond acceptors (Lipinski definition) is 3. The van der Waals surface area contributed by atoms with Crippen molar-refractivity contribution in [2.24, 2.45) is 0 Å². The van der Waals surface area contributed by atoms with Crippen molar-refractivity contribution in [3.63, 3.8) is 0 Å². The highest BCUT2D eigenvalue weighted by Crippen LogP contribution is 2.19. The summed E-state index contributed by atoms with van der Waals surface area (Å²) in [5.41, 5.74) is 0. The first-order chi connectivity index (χ1) is 9.24. The number of likely N-dealkylation sites (tertiary alicyclic amines) is 1. The molecule has 2 heterocycles. The Balaban J connectivity index is 1.80. The fraction of sp³-hybridized carbons (Fsp3) is 0.933. The van der Waals surface area contributed by atoms with Gasteiger partial charge in [-0.3, -0.25) is 9.69 Å². The molecule has 110 valence electrons. The first kappa shape index (κ1) is 14.8. The zero-order chi connectivity index (χ0) is 13.7. The van der Waals surface area contributed by atoms with E-state index < -0.39 is 0 Å². The summed E-state index contributed by atoms with van der Waals surface area (Å²) in [5, 5.41) is 0. The van der Waals surface area contributed by atoms with Gasteiger partial charge in [-0.25, -0.2) is 0 Å². The Hall–Kier alpha value is -0.610. The molecule has 2 saturated heterocycles. The van der Waals surface area contributed by atoms with E-state index in [0.717, 1.165) is 39.3 Å². The van der Waals surface area contributed by atoms with Gasteiger partial charge < -0.3 is 9.80 Å². The second kappa shape index (κ2) is 7.25. The van der Waals surface area contributed by atoms with Gasteiger partial charge in [0.1, 0.15) is 0 Å². The van der Waals surface area contributed by atoms with Gasteiger partial charge in [-0.1, -0.05) is 20.3 Å². The monoisotopic (exact) mass is 267 g/mol. The Labute approximate surface area is 117 Å². The number of piperidine rings is 1. The maximum Gasteiger partial charge on any atom is 0.236 e. The van der Waals surface area contributed by atoms with Crippen molar-refractivity contribution in [3.8, 4) is 0 Å². The summed E-state index contributed by atoms with van der Waals surface area (Å²) in [7, 11) is 0. The molecule has 4 heteroatoms. The lowest BCUT2D eigenvalue weighted by Gasteiger charge is -2.38. The minimum absolute atomic E-state index is 0.344. The molecular weight excluding hydrogens is 238 g/mol. The molecule has 0 N–H and O–H groups in total. The van der Waals surface area contributed by atoms with Gasteiger partial charge in [0.15, 0.2) is 0 Å².